The van der Waals surface area contributed by atoms with Crippen LogP contribution in [0.1, 0.15) is 22.7 Å². The number of furan rings is 1. The molecule has 1 aromatic carbocycles. The van der Waals surface area contributed by atoms with Gasteiger partial charge in [-0.3, -0.25) is 9.69 Å². The molecular formula is C24H27N3O4S. The van der Waals surface area contributed by atoms with E-state index in [-0.39, 0.29) is 12.2 Å². The lowest BCUT2D eigenvalue weighted by molar-refractivity contribution is 0.0317. The van der Waals surface area contributed by atoms with E-state index >= 15 is 0 Å². The number of fused-ring (bicyclic) bond motifs is 1. The van der Waals surface area contributed by atoms with Crippen LogP contribution in [0, 0.1) is 13.8 Å². The van der Waals surface area contributed by atoms with Crippen molar-refractivity contribution >= 4 is 21.6 Å². The third-order valence-corrected chi connectivity index (χ3v) is 6.21. The summed E-state index contributed by atoms with van der Waals surface area (Å²) in [6.07, 6.45) is 0.953. The molecule has 4 rings (SSSR count). The van der Waals surface area contributed by atoms with Crippen LogP contribution in [0.25, 0.3) is 21.3 Å². The Labute approximate surface area is 190 Å². The summed E-state index contributed by atoms with van der Waals surface area (Å²) in [5, 5.41) is 12.9. The highest BCUT2D eigenvalue weighted by atomic mass is 32.1. The molecule has 0 amide bonds. The number of methoxy groups -OCH3 is 1. The van der Waals surface area contributed by atoms with Crippen LogP contribution in [0.15, 0.2) is 51.2 Å². The number of hydrogen-bond acceptors (Lipinski definition) is 7. The maximum Gasteiger partial charge on any atom is 0.260 e. The first-order chi connectivity index (χ1) is 15.4. The summed E-state index contributed by atoms with van der Waals surface area (Å²) in [6.45, 7) is 5.52. The van der Waals surface area contributed by atoms with Crippen LogP contribution in [0.4, 0.5) is 0 Å². The summed E-state index contributed by atoms with van der Waals surface area (Å²) in [7, 11) is 1.55. The Hall–Kier alpha value is -2.78. The van der Waals surface area contributed by atoms with E-state index in [1.807, 2.05) is 36.3 Å². The fourth-order valence-corrected chi connectivity index (χ4v) is 4.81. The molecule has 0 aliphatic carbocycles. The van der Waals surface area contributed by atoms with E-state index < -0.39 is 6.10 Å². The summed E-state index contributed by atoms with van der Waals surface area (Å²) in [6, 6.07) is 9.95. The van der Waals surface area contributed by atoms with Gasteiger partial charge in [0.05, 0.1) is 37.4 Å². The largest absolute Gasteiger partial charge is 0.468 e. The third kappa shape index (κ3) is 4.99. The van der Waals surface area contributed by atoms with Gasteiger partial charge >= 0.3 is 0 Å². The summed E-state index contributed by atoms with van der Waals surface area (Å²) < 4.78 is 10.5. The lowest BCUT2D eigenvalue weighted by Gasteiger charge is -2.23. The Kier molecular flexibility index (Phi) is 6.86. The minimum atomic E-state index is -0.664. The van der Waals surface area contributed by atoms with Gasteiger partial charge in [-0.2, -0.15) is 0 Å². The maximum atomic E-state index is 13.1. The van der Waals surface area contributed by atoms with Crippen LogP contribution in [0.3, 0.4) is 0 Å². The van der Waals surface area contributed by atoms with E-state index in [9.17, 15) is 9.90 Å². The van der Waals surface area contributed by atoms with Crippen LogP contribution in [0.2, 0.25) is 0 Å². The van der Waals surface area contributed by atoms with Crippen molar-refractivity contribution in [2.45, 2.75) is 33.0 Å². The number of aliphatic hydroxyl groups is 1. The Balaban J connectivity index is 1.65. The fourth-order valence-electron chi connectivity index (χ4n) is 3.86. The van der Waals surface area contributed by atoms with Gasteiger partial charge in [-0.05, 0) is 37.1 Å². The lowest BCUT2D eigenvalue weighted by Crippen LogP contribution is -2.35. The van der Waals surface area contributed by atoms with E-state index in [0.29, 0.717) is 35.7 Å². The molecule has 4 aromatic rings. The summed E-state index contributed by atoms with van der Waals surface area (Å²) in [4.78, 5) is 23.4. The lowest BCUT2D eigenvalue weighted by atomic mass is 9.99. The quantitative estimate of drug-likeness (QED) is 0.400. The number of rotatable bonds is 9. The van der Waals surface area contributed by atoms with Crippen molar-refractivity contribution in [1.82, 2.24) is 14.9 Å². The summed E-state index contributed by atoms with van der Waals surface area (Å²) >= 11 is 1.47. The number of aryl methyl sites for hydroxylation is 2. The van der Waals surface area contributed by atoms with E-state index in [0.717, 1.165) is 28.0 Å². The second kappa shape index (κ2) is 9.79. The number of hydrogen-bond donors (Lipinski definition) is 2. The van der Waals surface area contributed by atoms with Crippen LogP contribution < -0.4 is 5.56 Å². The number of nitrogens with zero attached hydrogens (tertiary/aromatic N) is 2. The van der Waals surface area contributed by atoms with Gasteiger partial charge in [0.15, 0.2) is 0 Å². The average molecular weight is 454 g/mol. The molecule has 168 valence electrons. The molecule has 3 aromatic heterocycles. The zero-order chi connectivity index (χ0) is 22.7. The van der Waals surface area contributed by atoms with Crippen molar-refractivity contribution in [3.8, 4) is 11.1 Å². The standard InChI is InChI=1S/C24H27N3O4S/c1-15-6-7-16(2)19(9-15)20-14-32-24-22(20)23(29)25-21(26-24)12-27(10-17(28)13-30-3)11-18-5-4-8-31-18/h4-9,14,17,28H,10-13H2,1-3H3,(H,25,26,29). The minimum absolute atomic E-state index is 0.155. The molecule has 0 saturated carbocycles. The van der Waals surface area contributed by atoms with Gasteiger partial charge in [-0.25, -0.2) is 4.98 Å². The van der Waals surface area contributed by atoms with Gasteiger partial charge in [0.1, 0.15) is 16.4 Å². The topological polar surface area (TPSA) is 91.6 Å². The number of aromatic amines is 1. The maximum absolute atomic E-state index is 13.1. The number of aliphatic hydroxyl groups excluding tert-OH is 1. The molecule has 0 radical (unpaired) electrons. The first kappa shape index (κ1) is 22.4. The molecule has 8 heteroatoms. The van der Waals surface area contributed by atoms with E-state index in [2.05, 4.69) is 23.2 Å². The molecule has 7 nitrogen and oxygen atoms in total. The van der Waals surface area contributed by atoms with Gasteiger partial charge in [0.2, 0.25) is 0 Å². The highest BCUT2D eigenvalue weighted by Crippen LogP contribution is 2.33. The van der Waals surface area contributed by atoms with Gasteiger partial charge < -0.3 is 19.2 Å². The first-order valence-electron chi connectivity index (χ1n) is 10.4. The second-order valence-electron chi connectivity index (χ2n) is 8.02. The molecule has 0 saturated heterocycles. The predicted molar refractivity (Wildman–Crippen MR) is 126 cm³/mol. The van der Waals surface area contributed by atoms with Crippen LogP contribution in [-0.4, -0.2) is 46.3 Å². The van der Waals surface area contributed by atoms with Crippen molar-refractivity contribution in [1.29, 1.82) is 0 Å². The van der Waals surface area contributed by atoms with Crippen molar-refractivity contribution in [3.63, 3.8) is 0 Å². The first-order valence-corrected chi connectivity index (χ1v) is 11.3. The van der Waals surface area contributed by atoms with Gasteiger partial charge in [-0.15, -0.1) is 11.3 Å². The highest BCUT2D eigenvalue weighted by molar-refractivity contribution is 7.17. The van der Waals surface area contributed by atoms with Crippen molar-refractivity contribution in [3.05, 3.63) is 75.0 Å². The van der Waals surface area contributed by atoms with Crippen molar-refractivity contribution in [2.75, 3.05) is 20.3 Å². The number of benzene rings is 1. The van der Waals surface area contributed by atoms with Crippen molar-refractivity contribution in [2.24, 2.45) is 0 Å². The smallest absolute Gasteiger partial charge is 0.260 e. The molecule has 3 heterocycles. The molecule has 32 heavy (non-hydrogen) atoms. The predicted octanol–water partition coefficient (Wildman–Crippen LogP) is 3.87. The second-order valence-corrected chi connectivity index (χ2v) is 8.88. The summed E-state index contributed by atoms with van der Waals surface area (Å²) in [5.41, 5.74) is 4.08. The number of aromatic nitrogens is 2. The average Bonchev–Trinajstić information content (AvgIpc) is 3.40. The molecule has 0 bridgehead atoms. The molecular weight excluding hydrogens is 426 g/mol. The van der Waals surface area contributed by atoms with Crippen LogP contribution >= 0.6 is 11.3 Å². The monoisotopic (exact) mass is 453 g/mol. The normalized spacial score (nSPS) is 12.7. The molecule has 0 spiro atoms. The third-order valence-electron chi connectivity index (χ3n) is 5.34. The Morgan fingerprint density at radius 2 is 2.09 bits per heavy atom. The Bertz CT molecular complexity index is 1250. The molecule has 0 fully saturated rings. The van der Waals surface area contributed by atoms with E-state index in [4.69, 9.17) is 14.1 Å². The van der Waals surface area contributed by atoms with Gasteiger partial charge in [0.25, 0.3) is 5.56 Å². The van der Waals surface area contributed by atoms with Crippen molar-refractivity contribution < 1.29 is 14.3 Å². The fraction of sp³-hybridized carbons (Fsp3) is 0.333. The van der Waals surface area contributed by atoms with Crippen LogP contribution in [-0.2, 0) is 17.8 Å². The molecule has 0 aliphatic heterocycles. The van der Waals surface area contributed by atoms with Crippen LogP contribution in [0.5, 0.6) is 0 Å². The number of thiophene rings is 1. The van der Waals surface area contributed by atoms with E-state index in [1.165, 1.54) is 11.3 Å². The summed E-state index contributed by atoms with van der Waals surface area (Å²) in [5.74, 6) is 1.32. The minimum Gasteiger partial charge on any atom is -0.468 e. The number of nitrogens with one attached hydrogen (secondary N) is 1. The molecule has 0 aliphatic rings. The molecule has 2 N–H and O–H groups in total. The number of H-pyrrole nitrogens is 1. The Morgan fingerprint density at radius 1 is 1.25 bits per heavy atom. The van der Waals surface area contributed by atoms with E-state index in [1.54, 1.807) is 13.4 Å². The molecule has 1 atom stereocenters. The Morgan fingerprint density at radius 3 is 2.84 bits per heavy atom. The number of ether oxygens (including phenoxy) is 1. The zero-order valence-electron chi connectivity index (χ0n) is 18.4. The van der Waals surface area contributed by atoms with Gasteiger partial charge in [-0.1, -0.05) is 23.8 Å². The zero-order valence-corrected chi connectivity index (χ0v) is 19.2. The highest BCUT2D eigenvalue weighted by Gasteiger charge is 2.18. The SMILES string of the molecule is COCC(O)CN(Cc1nc2scc(-c3cc(C)ccc3C)c2c(=O)[nH]1)Cc1ccco1. The molecule has 1 unspecified atom stereocenters. The van der Waals surface area contributed by atoms with Gasteiger partial charge in [0, 0.05) is 24.6 Å².